The van der Waals surface area contributed by atoms with Crippen LogP contribution in [0.25, 0.3) is 0 Å². The van der Waals surface area contributed by atoms with Crippen LogP contribution < -0.4 is 15.4 Å². The zero-order valence-corrected chi connectivity index (χ0v) is 22.9. The van der Waals surface area contributed by atoms with Crippen LogP contribution in [0.2, 0.25) is 0 Å². The molecule has 3 aromatic rings. The van der Waals surface area contributed by atoms with Gasteiger partial charge in [-0.2, -0.15) is 5.26 Å². The lowest BCUT2D eigenvalue weighted by molar-refractivity contribution is -0.114. The minimum absolute atomic E-state index is 0.0874. The molecule has 0 saturated carbocycles. The van der Waals surface area contributed by atoms with Gasteiger partial charge in [-0.25, -0.2) is 4.99 Å². The molecule has 1 aliphatic heterocycles. The highest BCUT2D eigenvalue weighted by molar-refractivity contribution is 8.14. The normalized spacial score (nSPS) is 16.6. The molecule has 0 fully saturated rings. The van der Waals surface area contributed by atoms with Crippen molar-refractivity contribution >= 4 is 40.0 Å². The second-order valence-electron chi connectivity index (χ2n) is 8.99. The molecule has 2 amide bonds. The van der Waals surface area contributed by atoms with Crippen LogP contribution in [0.5, 0.6) is 5.75 Å². The number of nitrogens with zero attached hydrogens (tertiary/aromatic N) is 2. The van der Waals surface area contributed by atoms with Crippen molar-refractivity contribution in [3.8, 4) is 11.8 Å². The smallest absolute Gasteiger partial charge is 0.254 e. The molecule has 1 heterocycles. The van der Waals surface area contributed by atoms with Crippen LogP contribution in [-0.4, -0.2) is 29.7 Å². The number of benzene rings is 3. The van der Waals surface area contributed by atoms with Gasteiger partial charge in [0.2, 0.25) is 5.91 Å². The molecule has 1 unspecified atom stereocenters. The highest BCUT2D eigenvalue weighted by Crippen LogP contribution is 2.41. The van der Waals surface area contributed by atoms with Gasteiger partial charge < -0.3 is 15.4 Å². The lowest BCUT2D eigenvalue weighted by Gasteiger charge is -2.30. The van der Waals surface area contributed by atoms with Crippen molar-refractivity contribution in [3.05, 3.63) is 101 Å². The highest BCUT2D eigenvalue weighted by Gasteiger charge is 2.39. The molecule has 0 spiro atoms. The third-order valence-corrected chi connectivity index (χ3v) is 7.52. The van der Waals surface area contributed by atoms with E-state index in [1.54, 1.807) is 26.2 Å². The van der Waals surface area contributed by atoms with Gasteiger partial charge in [0.05, 0.1) is 29.7 Å². The van der Waals surface area contributed by atoms with E-state index in [-0.39, 0.29) is 17.6 Å². The summed E-state index contributed by atoms with van der Waals surface area (Å²) in [5, 5.41) is 16.6. The molecule has 0 aliphatic carbocycles. The number of carbonyl (C=O) groups is 2. The average molecular weight is 539 g/mol. The summed E-state index contributed by atoms with van der Waals surface area (Å²) in [6, 6.07) is 26.7. The molecule has 2 atom stereocenters. The average Bonchev–Trinajstić information content (AvgIpc) is 2.96. The molecule has 0 saturated heterocycles. The second-order valence-corrected chi connectivity index (χ2v) is 9.98. The van der Waals surface area contributed by atoms with E-state index in [1.807, 2.05) is 66.7 Å². The Morgan fingerprint density at radius 2 is 1.69 bits per heavy atom. The summed E-state index contributed by atoms with van der Waals surface area (Å²) in [6.45, 7) is 3.84. The standard InChI is InChI=1S/C31H30N4O3S/c1-4-21-14-16-23(17-15-21)34-27(36)19-39-31-24(18-32)29(22-10-6-5-7-11-22)28(20(2)33-31)30(37)35-25-12-8-9-13-26(25)38-3/h5-17,24,29H,4,19H2,1-3H3,(H,34,36)(H,35,37)/t24?,29-/m0/s1. The monoisotopic (exact) mass is 538 g/mol. The molecule has 1 aliphatic rings. The summed E-state index contributed by atoms with van der Waals surface area (Å²) in [5.41, 5.74) is 4.16. The van der Waals surface area contributed by atoms with Crippen LogP contribution in [0.3, 0.4) is 0 Å². The van der Waals surface area contributed by atoms with Gasteiger partial charge in [0.25, 0.3) is 5.91 Å². The number of anilines is 2. The van der Waals surface area contributed by atoms with Gasteiger partial charge in [-0.05, 0) is 48.7 Å². The lowest BCUT2D eigenvalue weighted by atomic mass is 9.78. The maximum absolute atomic E-state index is 13.6. The predicted octanol–water partition coefficient (Wildman–Crippen LogP) is 6.18. The van der Waals surface area contributed by atoms with Crippen molar-refractivity contribution in [2.75, 3.05) is 23.5 Å². The van der Waals surface area contributed by atoms with Crippen molar-refractivity contribution in [2.24, 2.45) is 10.9 Å². The Bertz CT molecular complexity index is 1440. The summed E-state index contributed by atoms with van der Waals surface area (Å²) in [4.78, 5) is 31.0. The van der Waals surface area contributed by atoms with E-state index in [9.17, 15) is 14.9 Å². The number of aliphatic imine (C=N–C) groups is 1. The topological polar surface area (TPSA) is 104 Å². The van der Waals surface area contributed by atoms with E-state index < -0.39 is 11.8 Å². The molecule has 0 radical (unpaired) electrons. The fourth-order valence-electron chi connectivity index (χ4n) is 4.50. The number of methoxy groups -OCH3 is 1. The lowest BCUT2D eigenvalue weighted by Crippen LogP contribution is -2.32. The molecule has 7 nitrogen and oxygen atoms in total. The van der Waals surface area contributed by atoms with E-state index in [1.165, 1.54) is 17.3 Å². The van der Waals surface area contributed by atoms with Crippen LogP contribution in [0.1, 0.15) is 30.9 Å². The van der Waals surface area contributed by atoms with E-state index in [2.05, 4.69) is 28.6 Å². The van der Waals surface area contributed by atoms with Gasteiger partial charge in [0.1, 0.15) is 11.7 Å². The molecule has 3 aromatic carbocycles. The second kappa shape index (κ2) is 12.9. The number of hydrogen-bond donors (Lipinski definition) is 2. The van der Waals surface area contributed by atoms with E-state index in [4.69, 9.17) is 4.74 Å². The number of hydrogen-bond acceptors (Lipinski definition) is 6. The summed E-state index contributed by atoms with van der Waals surface area (Å²) < 4.78 is 5.39. The minimum atomic E-state index is -0.740. The molecule has 2 N–H and O–H groups in total. The van der Waals surface area contributed by atoms with Crippen molar-refractivity contribution in [3.63, 3.8) is 0 Å². The number of nitrogens with one attached hydrogen (secondary N) is 2. The van der Waals surface area contributed by atoms with Crippen LogP contribution in [0, 0.1) is 17.2 Å². The van der Waals surface area contributed by atoms with Gasteiger partial charge in [-0.3, -0.25) is 9.59 Å². The molecular formula is C31H30N4O3S. The quantitative estimate of drug-likeness (QED) is 0.357. The van der Waals surface area contributed by atoms with Gasteiger partial charge in [-0.15, -0.1) is 0 Å². The number of rotatable bonds is 8. The third kappa shape index (κ3) is 6.57. The fraction of sp³-hybridized carbons (Fsp3) is 0.226. The number of para-hydroxylation sites is 2. The zero-order chi connectivity index (χ0) is 27.8. The van der Waals surface area contributed by atoms with Gasteiger partial charge in [-0.1, -0.05) is 73.3 Å². The number of thioether (sulfide) groups is 1. The Balaban J connectivity index is 1.61. The van der Waals surface area contributed by atoms with Crippen LogP contribution in [0.15, 0.2) is 95.1 Å². The fourth-order valence-corrected chi connectivity index (χ4v) is 5.43. The van der Waals surface area contributed by atoms with E-state index in [0.717, 1.165) is 12.0 Å². The van der Waals surface area contributed by atoms with Crippen molar-refractivity contribution in [1.29, 1.82) is 5.26 Å². The van der Waals surface area contributed by atoms with E-state index in [0.29, 0.717) is 33.4 Å². The van der Waals surface area contributed by atoms with Crippen LogP contribution in [-0.2, 0) is 16.0 Å². The molecule has 8 heteroatoms. The van der Waals surface area contributed by atoms with Gasteiger partial charge in [0.15, 0.2) is 0 Å². The number of ether oxygens (including phenoxy) is 1. The van der Waals surface area contributed by atoms with Gasteiger partial charge in [0, 0.05) is 22.9 Å². The number of amides is 2. The Hall–Kier alpha value is -4.35. The Kier molecular flexibility index (Phi) is 9.18. The Morgan fingerprint density at radius 1 is 1.00 bits per heavy atom. The Morgan fingerprint density at radius 3 is 2.36 bits per heavy atom. The summed E-state index contributed by atoms with van der Waals surface area (Å²) in [5.74, 6) is -1.23. The Labute approximate surface area is 233 Å². The SMILES string of the molecule is CCc1ccc(NC(=O)CSC2=NC(C)=C(C(=O)Nc3ccccc3OC)[C@@H](c3ccccc3)C2C#N)cc1. The maximum Gasteiger partial charge on any atom is 0.254 e. The van der Waals surface area contributed by atoms with Crippen LogP contribution in [0.4, 0.5) is 11.4 Å². The third-order valence-electron chi connectivity index (χ3n) is 6.47. The number of allylic oxidation sites excluding steroid dienone is 1. The largest absolute Gasteiger partial charge is 0.495 e. The number of nitriles is 1. The summed E-state index contributed by atoms with van der Waals surface area (Å²) >= 11 is 1.22. The van der Waals surface area contributed by atoms with E-state index >= 15 is 0 Å². The zero-order valence-electron chi connectivity index (χ0n) is 22.1. The molecule has 0 aromatic heterocycles. The number of carbonyl (C=O) groups excluding carboxylic acids is 2. The molecule has 0 bridgehead atoms. The van der Waals surface area contributed by atoms with Crippen molar-refractivity contribution < 1.29 is 14.3 Å². The molecular weight excluding hydrogens is 508 g/mol. The first kappa shape index (κ1) is 27.7. The van der Waals surface area contributed by atoms with Crippen molar-refractivity contribution in [2.45, 2.75) is 26.2 Å². The first-order chi connectivity index (χ1) is 18.9. The maximum atomic E-state index is 13.6. The van der Waals surface area contributed by atoms with Crippen LogP contribution >= 0.6 is 11.8 Å². The molecule has 198 valence electrons. The first-order valence-corrected chi connectivity index (χ1v) is 13.6. The number of aryl methyl sites for hydroxylation is 1. The summed E-state index contributed by atoms with van der Waals surface area (Å²) in [6.07, 6.45) is 0.924. The molecule has 4 rings (SSSR count). The highest BCUT2D eigenvalue weighted by atomic mass is 32.2. The molecule has 39 heavy (non-hydrogen) atoms. The predicted molar refractivity (Wildman–Crippen MR) is 157 cm³/mol. The van der Waals surface area contributed by atoms with Gasteiger partial charge >= 0.3 is 0 Å². The first-order valence-electron chi connectivity index (χ1n) is 12.6. The minimum Gasteiger partial charge on any atom is -0.495 e. The van der Waals surface area contributed by atoms with Crippen molar-refractivity contribution in [1.82, 2.24) is 0 Å². The summed E-state index contributed by atoms with van der Waals surface area (Å²) in [7, 11) is 1.54.